The molecule has 1 aromatic heterocycles. The van der Waals surface area contributed by atoms with Crippen molar-refractivity contribution in [3.05, 3.63) is 28.5 Å². The molecule has 0 atom stereocenters. The van der Waals surface area contributed by atoms with Crippen LogP contribution in [0.15, 0.2) is 12.3 Å². The van der Waals surface area contributed by atoms with Gasteiger partial charge in [-0.1, -0.05) is 11.6 Å². The second-order valence-electron chi connectivity index (χ2n) is 2.83. The molecule has 0 fully saturated rings. The average Bonchev–Trinajstić information content (AvgIpc) is 2.03. The van der Waals surface area contributed by atoms with Gasteiger partial charge in [-0.2, -0.15) is 0 Å². The largest absolute Gasteiger partial charge is 0.330 e. The lowest BCUT2D eigenvalue weighted by Crippen LogP contribution is -2.02. The zero-order valence-electron chi connectivity index (χ0n) is 7.18. The molecule has 0 saturated carbocycles. The van der Waals surface area contributed by atoms with E-state index in [1.807, 2.05) is 19.2 Å². The van der Waals surface area contributed by atoms with Gasteiger partial charge in [0.2, 0.25) is 0 Å². The smallest absolute Gasteiger partial charge is 0.0624 e. The Balaban J connectivity index is 2.72. The Hall–Kier alpha value is -0.600. The lowest BCUT2D eigenvalue weighted by Gasteiger charge is -2.02. The second kappa shape index (κ2) is 4.43. The Morgan fingerprint density at radius 3 is 2.92 bits per heavy atom. The Bertz CT molecular complexity index is 261. The molecule has 2 N–H and O–H groups in total. The molecule has 0 aliphatic rings. The highest BCUT2D eigenvalue weighted by Crippen LogP contribution is 2.15. The van der Waals surface area contributed by atoms with Crippen LogP contribution in [-0.4, -0.2) is 11.5 Å². The first-order valence-corrected chi connectivity index (χ1v) is 4.43. The van der Waals surface area contributed by atoms with Crippen molar-refractivity contribution in [2.45, 2.75) is 19.8 Å². The number of nitrogens with two attached hydrogens (primary N) is 1. The molecule has 0 aliphatic heterocycles. The van der Waals surface area contributed by atoms with Crippen molar-refractivity contribution in [3.8, 4) is 0 Å². The Kier molecular flexibility index (Phi) is 3.50. The highest BCUT2D eigenvalue weighted by atomic mass is 35.5. The van der Waals surface area contributed by atoms with Crippen LogP contribution in [0.2, 0.25) is 5.02 Å². The summed E-state index contributed by atoms with van der Waals surface area (Å²) in [7, 11) is 0. The van der Waals surface area contributed by atoms with Crippen molar-refractivity contribution in [2.24, 2.45) is 5.73 Å². The van der Waals surface area contributed by atoms with E-state index in [1.54, 1.807) is 0 Å². The van der Waals surface area contributed by atoms with Crippen LogP contribution in [-0.2, 0) is 6.42 Å². The fourth-order valence-electron chi connectivity index (χ4n) is 1.02. The normalized spacial score (nSPS) is 10.2. The number of rotatable bonds is 3. The molecule has 12 heavy (non-hydrogen) atoms. The number of hydrogen-bond donors (Lipinski definition) is 1. The van der Waals surface area contributed by atoms with Crippen molar-refractivity contribution in [1.29, 1.82) is 0 Å². The number of halogens is 1. The molecule has 0 amide bonds. The van der Waals surface area contributed by atoms with Gasteiger partial charge in [-0.15, -0.1) is 0 Å². The van der Waals surface area contributed by atoms with E-state index in [2.05, 4.69) is 4.98 Å². The molecule has 0 unspecified atom stereocenters. The van der Waals surface area contributed by atoms with Crippen molar-refractivity contribution >= 4 is 11.6 Å². The molecule has 0 spiro atoms. The minimum atomic E-state index is 0.686. The van der Waals surface area contributed by atoms with E-state index >= 15 is 0 Å². The maximum Gasteiger partial charge on any atom is 0.0624 e. The summed E-state index contributed by atoms with van der Waals surface area (Å²) in [5.41, 5.74) is 7.43. The van der Waals surface area contributed by atoms with Crippen LogP contribution in [0, 0.1) is 6.92 Å². The molecule has 0 saturated heterocycles. The fraction of sp³-hybridized carbons (Fsp3) is 0.444. The summed E-state index contributed by atoms with van der Waals surface area (Å²) in [6, 6.07) is 1.93. The third kappa shape index (κ3) is 2.47. The van der Waals surface area contributed by atoms with Gasteiger partial charge in [0.05, 0.1) is 10.7 Å². The summed E-state index contributed by atoms with van der Waals surface area (Å²) in [6.45, 7) is 2.66. The van der Waals surface area contributed by atoms with Crippen molar-refractivity contribution in [1.82, 2.24) is 4.98 Å². The van der Waals surface area contributed by atoms with E-state index in [4.69, 9.17) is 17.3 Å². The molecule has 1 rings (SSSR count). The SMILES string of the molecule is Cc1cnc(CCCN)c(Cl)c1. The average molecular weight is 185 g/mol. The van der Waals surface area contributed by atoms with Gasteiger partial charge in [0.1, 0.15) is 0 Å². The molecule has 0 aromatic carbocycles. The first-order chi connectivity index (χ1) is 5.74. The van der Waals surface area contributed by atoms with Crippen LogP contribution in [0.3, 0.4) is 0 Å². The minimum absolute atomic E-state index is 0.686. The van der Waals surface area contributed by atoms with Gasteiger partial charge in [0, 0.05) is 6.20 Å². The maximum absolute atomic E-state index is 5.96. The predicted molar refractivity (Wildman–Crippen MR) is 51.4 cm³/mol. The van der Waals surface area contributed by atoms with Gasteiger partial charge in [-0.05, 0) is 37.9 Å². The monoisotopic (exact) mass is 184 g/mol. The van der Waals surface area contributed by atoms with Crippen LogP contribution in [0.1, 0.15) is 17.7 Å². The van der Waals surface area contributed by atoms with Crippen LogP contribution < -0.4 is 5.73 Å². The van der Waals surface area contributed by atoms with Gasteiger partial charge < -0.3 is 5.73 Å². The number of pyridine rings is 1. The Morgan fingerprint density at radius 1 is 1.58 bits per heavy atom. The highest BCUT2D eigenvalue weighted by Gasteiger charge is 2.00. The molecule has 3 heteroatoms. The summed E-state index contributed by atoms with van der Waals surface area (Å²) in [5, 5.41) is 0.753. The van der Waals surface area contributed by atoms with Crippen molar-refractivity contribution in [3.63, 3.8) is 0 Å². The third-order valence-corrected chi connectivity index (χ3v) is 2.00. The van der Waals surface area contributed by atoms with Gasteiger partial charge in [0.15, 0.2) is 0 Å². The summed E-state index contributed by atoms with van der Waals surface area (Å²) in [5.74, 6) is 0. The molecule has 0 aliphatic carbocycles. The molecule has 1 aromatic rings. The maximum atomic E-state index is 5.96. The van der Waals surface area contributed by atoms with E-state index in [1.165, 1.54) is 0 Å². The fourth-order valence-corrected chi connectivity index (χ4v) is 1.33. The summed E-state index contributed by atoms with van der Waals surface area (Å²) >= 11 is 5.96. The van der Waals surface area contributed by atoms with E-state index in [0.29, 0.717) is 6.54 Å². The Morgan fingerprint density at radius 2 is 2.33 bits per heavy atom. The molecule has 0 radical (unpaired) electrons. The lowest BCUT2D eigenvalue weighted by molar-refractivity contribution is 0.810. The molecular formula is C9H13ClN2. The summed E-state index contributed by atoms with van der Waals surface area (Å²) < 4.78 is 0. The lowest BCUT2D eigenvalue weighted by atomic mass is 10.2. The topological polar surface area (TPSA) is 38.9 Å². The standard InChI is InChI=1S/C9H13ClN2/c1-7-5-8(10)9(12-6-7)3-2-4-11/h5-6H,2-4,11H2,1H3. The zero-order chi connectivity index (χ0) is 8.97. The first-order valence-electron chi connectivity index (χ1n) is 4.05. The van der Waals surface area contributed by atoms with Gasteiger partial charge >= 0.3 is 0 Å². The van der Waals surface area contributed by atoms with Crippen LogP contribution in [0.4, 0.5) is 0 Å². The van der Waals surface area contributed by atoms with Crippen LogP contribution in [0.5, 0.6) is 0 Å². The molecule has 2 nitrogen and oxygen atoms in total. The van der Waals surface area contributed by atoms with Crippen LogP contribution >= 0.6 is 11.6 Å². The number of aromatic nitrogens is 1. The van der Waals surface area contributed by atoms with E-state index < -0.39 is 0 Å². The second-order valence-corrected chi connectivity index (χ2v) is 3.24. The molecule has 0 bridgehead atoms. The van der Waals surface area contributed by atoms with Gasteiger partial charge in [0.25, 0.3) is 0 Å². The quantitative estimate of drug-likeness (QED) is 0.780. The first kappa shape index (κ1) is 9.49. The number of hydrogen-bond acceptors (Lipinski definition) is 2. The van der Waals surface area contributed by atoms with E-state index in [0.717, 1.165) is 29.1 Å². The molecule has 66 valence electrons. The zero-order valence-corrected chi connectivity index (χ0v) is 7.93. The number of aryl methyl sites for hydroxylation is 2. The number of nitrogens with zero attached hydrogens (tertiary/aromatic N) is 1. The van der Waals surface area contributed by atoms with E-state index in [-0.39, 0.29) is 0 Å². The van der Waals surface area contributed by atoms with Gasteiger partial charge in [-0.25, -0.2) is 0 Å². The van der Waals surface area contributed by atoms with Crippen molar-refractivity contribution < 1.29 is 0 Å². The predicted octanol–water partition coefficient (Wildman–Crippen LogP) is 1.93. The molecule has 1 heterocycles. The van der Waals surface area contributed by atoms with E-state index in [9.17, 15) is 0 Å². The summed E-state index contributed by atoms with van der Waals surface area (Å²) in [6.07, 6.45) is 3.64. The van der Waals surface area contributed by atoms with Crippen LogP contribution in [0.25, 0.3) is 0 Å². The van der Waals surface area contributed by atoms with Crippen molar-refractivity contribution in [2.75, 3.05) is 6.54 Å². The van der Waals surface area contributed by atoms with Gasteiger partial charge in [-0.3, -0.25) is 4.98 Å². The third-order valence-electron chi connectivity index (χ3n) is 1.67. The Labute approximate surface area is 77.8 Å². The highest BCUT2D eigenvalue weighted by molar-refractivity contribution is 6.31. The molecular weight excluding hydrogens is 172 g/mol. The minimum Gasteiger partial charge on any atom is -0.330 e. The summed E-state index contributed by atoms with van der Waals surface area (Å²) in [4.78, 5) is 4.23.